The van der Waals surface area contributed by atoms with Gasteiger partial charge in [0.25, 0.3) is 0 Å². The fourth-order valence-corrected chi connectivity index (χ4v) is 0.127. The molecule has 0 spiro atoms. The number of carbonyl (C=O) groups is 1. The van der Waals surface area contributed by atoms with Gasteiger partial charge in [0, 0.05) is 6.21 Å². The molecule has 0 unspecified atom stereocenters. The van der Waals surface area contributed by atoms with Crippen LogP contribution in [-0.2, 0) is 0 Å². The molecule has 0 aromatic carbocycles. The van der Waals surface area contributed by atoms with E-state index in [2.05, 4.69) is 10.7 Å². The molecule has 4 nitrogen and oxygen atoms in total. The van der Waals surface area contributed by atoms with Gasteiger partial charge in [0.15, 0.2) is 0 Å². The first-order valence-electron chi connectivity index (χ1n) is 2.89. The molecule has 4 heteroatoms. The highest BCUT2D eigenvalue weighted by molar-refractivity contribution is 5.81. The number of hydrogen-bond acceptors (Lipinski definition) is 2. The lowest BCUT2D eigenvalue weighted by atomic mass is 10.9. The van der Waals surface area contributed by atoms with E-state index in [1.165, 1.54) is 6.21 Å². The van der Waals surface area contributed by atoms with Crippen molar-refractivity contribution in [1.82, 2.24) is 4.90 Å². The average molecular weight is 145 g/mol. The SMILES string of the molecule is CC=NC(N)=O.CN(C)C. The topological polar surface area (TPSA) is 58.7 Å². The van der Waals surface area contributed by atoms with Gasteiger partial charge in [0.2, 0.25) is 0 Å². The lowest BCUT2D eigenvalue weighted by molar-refractivity contribution is 0.257. The van der Waals surface area contributed by atoms with Crippen molar-refractivity contribution in [3.8, 4) is 0 Å². The van der Waals surface area contributed by atoms with Crippen molar-refractivity contribution in [3.05, 3.63) is 0 Å². The van der Waals surface area contributed by atoms with Crippen LogP contribution in [0.15, 0.2) is 4.99 Å². The summed E-state index contributed by atoms with van der Waals surface area (Å²) in [5.41, 5.74) is 4.57. The summed E-state index contributed by atoms with van der Waals surface area (Å²) in [7, 11) is 6.00. The summed E-state index contributed by atoms with van der Waals surface area (Å²) in [5, 5.41) is 0. The minimum atomic E-state index is -0.641. The van der Waals surface area contributed by atoms with Gasteiger partial charge in [-0.3, -0.25) is 0 Å². The lowest BCUT2D eigenvalue weighted by Crippen LogP contribution is -2.02. The number of amides is 2. The summed E-state index contributed by atoms with van der Waals surface area (Å²) >= 11 is 0. The Balaban J connectivity index is 0. The number of nitrogens with zero attached hydrogens (tertiary/aromatic N) is 2. The summed E-state index contributed by atoms with van der Waals surface area (Å²) in [5.74, 6) is 0. The molecule has 0 aliphatic rings. The maximum Gasteiger partial charge on any atom is 0.337 e. The number of primary amides is 1. The van der Waals surface area contributed by atoms with Crippen LogP contribution < -0.4 is 5.73 Å². The molecule has 0 aromatic rings. The highest BCUT2D eigenvalue weighted by Gasteiger charge is 1.74. The molecule has 60 valence electrons. The van der Waals surface area contributed by atoms with Crippen molar-refractivity contribution in [1.29, 1.82) is 0 Å². The van der Waals surface area contributed by atoms with E-state index in [0.29, 0.717) is 0 Å². The normalized spacial score (nSPS) is 9.30. The number of nitrogens with two attached hydrogens (primary N) is 1. The maximum atomic E-state index is 9.62. The molecule has 0 aliphatic carbocycles. The van der Waals surface area contributed by atoms with Crippen molar-refractivity contribution in [2.75, 3.05) is 21.1 Å². The molecule has 10 heavy (non-hydrogen) atoms. The van der Waals surface area contributed by atoms with Crippen LogP contribution in [0, 0.1) is 0 Å². The molecule has 0 saturated carbocycles. The Bertz CT molecular complexity index is 107. The minimum absolute atomic E-state index is 0.641. The van der Waals surface area contributed by atoms with Crippen LogP contribution >= 0.6 is 0 Å². The minimum Gasteiger partial charge on any atom is -0.350 e. The predicted octanol–water partition coefficient (Wildman–Crippen LogP) is 0.334. The largest absolute Gasteiger partial charge is 0.350 e. The quantitative estimate of drug-likeness (QED) is 0.499. The van der Waals surface area contributed by atoms with Crippen molar-refractivity contribution < 1.29 is 4.79 Å². The lowest BCUT2D eigenvalue weighted by Gasteiger charge is -1.90. The fourth-order valence-electron chi connectivity index (χ4n) is 0.127. The van der Waals surface area contributed by atoms with E-state index in [-0.39, 0.29) is 0 Å². The summed E-state index contributed by atoms with van der Waals surface area (Å²) in [6.07, 6.45) is 1.35. The maximum absolute atomic E-state index is 9.62. The van der Waals surface area contributed by atoms with E-state index in [9.17, 15) is 4.79 Å². The number of rotatable bonds is 0. The Hall–Kier alpha value is -0.900. The molecule has 0 saturated heterocycles. The first kappa shape index (κ1) is 11.8. The third kappa shape index (κ3) is 59.9. The average Bonchev–Trinajstić information content (AvgIpc) is 1.62. The van der Waals surface area contributed by atoms with Crippen LogP contribution in [0.25, 0.3) is 0 Å². The molecule has 2 N–H and O–H groups in total. The molecular weight excluding hydrogens is 130 g/mol. The first-order chi connectivity index (χ1) is 4.50. The Morgan fingerprint density at radius 2 is 1.80 bits per heavy atom. The highest BCUT2D eigenvalue weighted by atomic mass is 16.2. The third-order valence-corrected chi connectivity index (χ3v) is 0.256. The molecule has 0 bridgehead atoms. The fraction of sp³-hybridized carbons (Fsp3) is 0.667. The van der Waals surface area contributed by atoms with Crippen LogP contribution in [0.4, 0.5) is 4.79 Å². The summed E-state index contributed by atoms with van der Waals surface area (Å²) in [4.78, 5) is 14.8. The van der Waals surface area contributed by atoms with E-state index in [4.69, 9.17) is 0 Å². The second-order valence-electron chi connectivity index (χ2n) is 2.07. The summed E-state index contributed by atoms with van der Waals surface area (Å²) in [6.45, 7) is 1.63. The Morgan fingerprint density at radius 1 is 1.50 bits per heavy atom. The molecule has 0 aliphatic heterocycles. The van der Waals surface area contributed by atoms with Crippen LogP contribution in [0.1, 0.15) is 6.92 Å². The van der Waals surface area contributed by atoms with Crippen LogP contribution in [-0.4, -0.2) is 38.3 Å². The van der Waals surface area contributed by atoms with Crippen LogP contribution in [0.5, 0.6) is 0 Å². The molecule has 0 rings (SSSR count). The summed E-state index contributed by atoms with van der Waals surface area (Å²) < 4.78 is 0. The zero-order chi connectivity index (χ0) is 8.57. The Labute approximate surface area is 61.7 Å². The smallest absolute Gasteiger partial charge is 0.337 e. The molecule has 0 heterocycles. The second-order valence-corrected chi connectivity index (χ2v) is 2.07. The van der Waals surface area contributed by atoms with E-state index >= 15 is 0 Å². The number of urea groups is 1. The van der Waals surface area contributed by atoms with Crippen molar-refractivity contribution in [2.45, 2.75) is 6.92 Å². The molecule has 0 aromatic heterocycles. The van der Waals surface area contributed by atoms with Crippen LogP contribution in [0.2, 0.25) is 0 Å². The van der Waals surface area contributed by atoms with Gasteiger partial charge >= 0.3 is 6.03 Å². The molecule has 0 fully saturated rings. The van der Waals surface area contributed by atoms with E-state index in [1.807, 2.05) is 26.0 Å². The zero-order valence-corrected chi connectivity index (χ0v) is 6.96. The summed E-state index contributed by atoms with van der Waals surface area (Å²) in [6, 6.07) is -0.641. The van der Waals surface area contributed by atoms with Crippen LogP contribution in [0.3, 0.4) is 0 Å². The highest BCUT2D eigenvalue weighted by Crippen LogP contribution is 1.59. The molecule has 2 amide bonds. The number of aliphatic imine (C=N–C) groups is 1. The van der Waals surface area contributed by atoms with Gasteiger partial charge < -0.3 is 10.6 Å². The zero-order valence-electron chi connectivity index (χ0n) is 6.96. The van der Waals surface area contributed by atoms with E-state index < -0.39 is 6.03 Å². The van der Waals surface area contributed by atoms with Gasteiger partial charge in [0.1, 0.15) is 0 Å². The van der Waals surface area contributed by atoms with Crippen molar-refractivity contribution >= 4 is 12.2 Å². The van der Waals surface area contributed by atoms with Gasteiger partial charge in [-0.25, -0.2) is 9.79 Å². The second kappa shape index (κ2) is 8.10. The first-order valence-corrected chi connectivity index (χ1v) is 2.89. The van der Waals surface area contributed by atoms with Gasteiger partial charge in [0.05, 0.1) is 0 Å². The van der Waals surface area contributed by atoms with Crippen molar-refractivity contribution in [2.24, 2.45) is 10.7 Å². The van der Waals surface area contributed by atoms with Gasteiger partial charge in [-0.05, 0) is 28.1 Å². The standard InChI is InChI=1S/C3H6N2O.C3H9N/c1-2-5-3(4)6;1-4(2)3/h2H,1H3,(H2,4,6);1-3H3. The molecular formula is C6H15N3O. The Morgan fingerprint density at radius 3 is 1.80 bits per heavy atom. The van der Waals surface area contributed by atoms with Crippen molar-refractivity contribution in [3.63, 3.8) is 0 Å². The predicted molar refractivity (Wildman–Crippen MR) is 43.4 cm³/mol. The number of hydrogen-bond donors (Lipinski definition) is 1. The van der Waals surface area contributed by atoms with E-state index in [1.54, 1.807) is 6.92 Å². The van der Waals surface area contributed by atoms with Gasteiger partial charge in [-0.2, -0.15) is 0 Å². The Kier molecular flexibility index (Phi) is 9.59. The van der Waals surface area contributed by atoms with Gasteiger partial charge in [-0.1, -0.05) is 0 Å². The third-order valence-electron chi connectivity index (χ3n) is 0.256. The monoisotopic (exact) mass is 145 g/mol. The van der Waals surface area contributed by atoms with Gasteiger partial charge in [-0.15, -0.1) is 0 Å². The molecule has 0 radical (unpaired) electrons. The number of carbonyl (C=O) groups excluding carboxylic acids is 1. The van der Waals surface area contributed by atoms with E-state index in [0.717, 1.165) is 0 Å². The molecule has 0 atom stereocenters.